The van der Waals surface area contributed by atoms with Crippen LogP contribution in [0.25, 0.3) is 0 Å². The van der Waals surface area contributed by atoms with Crippen LogP contribution in [-0.4, -0.2) is 45.3 Å². The Kier molecular flexibility index (Phi) is 7.63. The minimum absolute atomic E-state index is 0.288. The molecule has 0 aliphatic carbocycles. The number of carbonyl (C=O) groups excluding carboxylic acids is 2. The molecule has 7 heteroatoms. The lowest BCUT2D eigenvalue weighted by molar-refractivity contribution is -0.122. The van der Waals surface area contributed by atoms with Crippen LogP contribution < -0.4 is 20.1 Å². The van der Waals surface area contributed by atoms with Gasteiger partial charge in [0.1, 0.15) is 11.5 Å². The molecule has 144 valence electrons. The van der Waals surface area contributed by atoms with Gasteiger partial charge in [0.15, 0.2) is 6.10 Å². The summed E-state index contributed by atoms with van der Waals surface area (Å²) in [4.78, 5) is 24.8. The molecule has 0 spiro atoms. The van der Waals surface area contributed by atoms with Gasteiger partial charge in [0.05, 0.1) is 25.0 Å². The first-order valence-electron chi connectivity index (χ1n) is 8.53. The van der Waals surface area contributed by atoms with E-state index in [-0.39, 0.29) is 11.8 Å². The summed E-state index contributed by atoms with van der Waals surface area (Å²) < 4.78 is 15.7. The Morgan fingerprint density at radius 1 is 1.04 bits per heavy atom. The summed E-state index contributed by atoms with van der Waals surface area (Å²) >= 11 is 0. The zero-order valence-electron chi connectivity index (χ0n) is 15.7. The van der Waals surface area contributed by atoms with E-state index >= 15 is 0 Å². The number of anilines is 1. The fourth-order valence-electron chi connectivity index (χ4n) is 2.32. The van der Waals surface area contributed by atoms with Crippen molar-refractivity contribution in [2.24, 2.45) is 0 Å². The third-order valence-electron chi connectivity index (χ3n) is 3.74. The molecule has 7 nitrogen and oxygen atoms in total. The Bertz CT molecular complexity index is 778. The lowest BCUT2D eigenvalue weighted by Gasteiger charge is -2.17. The average Bonchev–Trinajstić information content (AvgIpc) is 2.68. The number of rotatable bonds is 9. The molecule has 0 heterocycles. The van der Waals surface area contributed by atoms with Gasteiger partial charge in [-0.25, -0.2) is 0 Å². The first kappa shape index (κ1) is 20.3. The Labute approximate surface area is 158 Å². The van der Waals surface area contributed by atoms with Crippen molar-refractivity contribution in [3.8, 4) is 11.5 Å². The van der Waals surface area contributed by atoms with Crippen LogP contribution in [0.4, 0.5) is 5.69 Å². The Balaban J connectivity index is 2.03. The van der Waals surface area contributed by atoms with E-state index in [2.05, 4.69) is 10.6 Å². The van der Waals surface area contributed by atoms with Gasteiger partial charge in [-0.1, -0.05) is 18.2 Å². The van der Waals surface area contributed by atoms with Crippen molar-refractivity contribution in [3.63, 3.8) is 0 Å². The number of hydrogen-bond donors (Lipinski definition) is 2. The molecule has 2 rings (SSSR count). The zero-order valence-corrected chi connectivity index (χ0v) is 15.7. The van der Waals surface area contributed by atoms with Crippen LogP contribution in [0.5, 0.6) is 11.5 Å². The molecular formula is C20H24N2O5. The molecule has 0 bridgehead atoms. The van der Waals surface area contributed by atoms with E-state index in [4.69, 9.17) is 14.2 Å². The number of nitrogens with one attached hydrogen (secondary N) is 2. The predicted molar refractivity (Wildman–Crippen MR) is 102 cm³/mol. The maximum absolute atomic E-state index is 12.5. The summed E-state index contributed by atoms with van der Waals surface area (Å²) in [5, 5.41) is 5.48. The van der Waals surface area contributed by atoms with Crippen LogP contribution in [0.3, 0.4) is 0 Å². The van der Waals surface area contributed by atoms with E-state index in [9.17, 15) is 9.59 Å². The van der Waals surface area contributed by atoms with Gasteiger partial charge in [0.25, 0.3) is 11.8 Å². The van der Waals surface area contributed by atoms with Gasteiger partial charge in [-0.2, -0.15) is 0 Å². The molecular weight excluding hydrogens is 348 g/mol. The van der Waals surface area contributed by atoms with E-state index in [1.54, 1.807) is 69.7 Å². The third-order valence-corrected chi connectivity index (χ3v) is 3.74. The van der Waals surface area contributed by atoms with Gasteiger partial charge in [0.2, 0.25) is 0 Å². The fraction of sp³-hybridized carbons (Fsp3) is 0.300. The van der Waals surface area contributed by atoms with E-state index < -0.39 is 6.10 Å². The Morgan fingerprint density at radius 2 is 1.78 bits per heavy atom. The average molecular weight is 372 g/mol. The number of para-hydroxylation sites is 1. The molecule has 27 heavy (non-hydrogen) atoms. The van der Waals surface area contributed by atoms with Gasteiger partial charge < -0.3 is 24.8 Å². The van der Waals surface area contributed by atoms with Crippen molar-refractivity contribution in [3.05, 3.63) is 54.1 Å². The van der Waals surface area contributed by atoms with Gasteiger partial charge in [0, 0.05) is 19.7 Å². The van der Waals surface area contributed by atoms with Crippen molar-refractivity contribution in [2.75, 3.05) is 32.7 Å². The second-order valence-electron chi connectivity index (χ2n) is 5.72. The lowest BCUT2D eigenvalue weighted by atomic mass is 10.1. The van der Waals surface area contributed by atoms with Crippen LogP contribution in [0.15, 0.2) is 48.5 Å². The van der Waals surface area contributed by atoms with Crippen LogP contribution in [0.2, 0.25) is 0 Å². The second kappa shape index (κ2) is 10.2. The normalized spacial score (nSPS) is 11.4. The quantitative estimate of drug-likeness (QED) is 0.661. The number of amides is 2. The summed E-state index contributed by atoms with van der Waals surface area (Å²) in [6.45, 7) is 2.43. The maximum Gasteiger partial charge on any atom is 0.265 e. The van der Waals surface area contributed by atoms with Crippen LogP contribution >= 0.6 is 0 Å². The van der Waals surface area contributed by atoms with Crippen LogP contribution in [0.1, 0.15) is 17.3 Å². The van der Waals surface area contributed by atoms with Crippen molar-refractivity contribution in [1.82, 2.24) is 5.32 Å². The second-order valence-corrected chi connectivity index (χ2v) is 5.72. The van der Waals surface area contributed by atoms with Crippen LogP contribution in [-0.2, 0) is 9.53 Å². The summed E-state index contributed by atoms with van der Waals surface area (Å²) in [6, 6.07) is 13.8. The number of ether oxygens (including phenoxy) is 3. The summed E-state index contributed by atoms with van der Waals surface area (Å²) in [7, 11) is 3.12. The minimum Gasteiger partial charge on any atom is -0.497 e. The molecule has 2 aromatic rings. The Hall–Kier alpha value is -3.06. The SMILES string of the molecule is COCCNC(=O)c1ccccc1NC(=O)C(C)Oc1cccc(OC)c1. The standard InChI is InChI=1S/C20H24N2O5/c1-14(27-16-8-6-7-15(13-16)26-3)19(23)22-18-10-5-4-9-17(18)20(24)21-11-12-25-2/h4-10,13-14H,11-12H2,1-3H3,(H,21,24)(H,22,23). The summed E-state index contributed by atoms with van der Waals surface area (Å²) in [5.74, 6) is 0.500. The highest BCUT2D eigenvalue weighted by Gasteiger charge is 2.18. The van der Waals surface area contributed by atoms with Crippen molar-refractivity contribution in [1.29, 1.82) is 0 Å². The number of carbonyl (C=O) groups is 2. The number of benzene rings is 2. The van der Waals surface area contributed by atoms with E-state index in [0.29, 0.717) is 35.9 Å². The van der Waals surface area contributed by atoms with E-state index in [1.807, 2.05) is 0 Å². The molecule has 0 saturated carbocycles. The lowest BCUT2D eigenvalue weighted by Crippen LogP contribution is -2.32. The smallest absolute Gasteiger partial charge is 0.265 e. The van der Waals surface area contributed by atoms with E-state index in [1.165, 1.54) is 0 Å². The fourth-order valence-corrected chi connectivity index (χ4v) is 2.32. The molecule has 2 amide bonds. The Morgan fingerprint density at radius 3 is 2.52 bits per heavy atom. The zero-order chi connectivity index (χ0) is 19.6. The largest absolute Gasteiger partial charge is 0.497 e. The van der Waals surface area contributed by atoms with Crippen molar-refractivity contribution >= 4 is 17.5 Å². The van der Waals surface area contributed by atoms with Crippen molar-refractivity contribution < 1.29 is 23.8 Å². The van der Waals surface area contributed by atoms with E-state index in [0.717, 1.165) is 0 Å². The first-order chi connectivity index (χ1) is 13.0. The van der Waals surface area contributed by atoms with Crippen LogP contribution in [0, 0.1) is 0 Å². The third kappa shape index (κ3) is 6.00. The molecule has 1 unspecified atom stereocenters. The molecule has 0 aliphatic rings. The highest BCUT2D eigenvalue weighted by molar-refractivity contribution is 6.04. The predicted octanol–water partition coefficient (Wildman–Crippen LogP) is 2.48. The molecule has 0 aliphatic heterocycles. The highest BCUT2D eigenvalue weighted by Crippen LogP contribution is 2.21. The van der Waals surface area contributed by atoms with Gasteiger partial charge in [-0.15, -0.1) is 0 Å². The molecule has 0 saturated heterocycles. The number of methoxy groups -OCH3 is 2. The highest BCUT2D eigenvalue weighted by atomic mass is 16.5. The van der Waals surface area contributed by atoms with Gasteiger partial charge in [-0.3, -0.25) is 9.59 Å². The first-order valence-corrected chi connectivity index (χ1v) is 8.53. The minimum atomic E-state index is -0.762. The summed E-state index contributed by atoms with van der Waals surface area (Å²) in [5.41, 5.74) is 0.786. The molecule has 0 radical (unpaired) electrons. The van der Waals surface area contributed by atoms with Gasteiger partial charge in [-0.05, 0) is 31.2 Å². The molecule has 1 atom stereocenters. The molecule has 2 N–H and O–H groups in total. The monoisotopic (exact) mass is 372 g/mol. The number of hydrogen-bond acceptors (Lipinski definition) is 5. The molecule has 0 fully saturated rings. The summed E-state index contributed by atoms with van der Waals surface area (Å²) in [6.07, 6.45) is -0.762. The maximum atomic E-state index is 12.5. The van der Waals surface area contributed by atoms with Crippen molar-refractivity contribution in [2.45, 2.75) is 13.0 Å². The topological polar surface area (TPSA) is 85.9 Å². The molecule has 0 aromatic heterocycles. The van der Waals surface area contributed by atoms with Gasteiger partial charge >= 0.3 is 0 Å². The molecule has 2 aromatic carbocycles.